The highest BCUT2D eigenvalue weighted by atomic mass is 32.2. The number of nitrogens with zero attached hydrogens (tertiary/aromatic N) is 2. The van der Waals surface area contributed by atoms with E-state index in [-0.39, 0.29) is 11.9 Å². The molecule has 0 bridgehead atoms. The van der Waals surface area contributed by atoms with E-state index < -0.39 is 6.10 Å². The van der Waals surface area contributed by atoms with Gasteiger partial charge in [-0.05, 0) is 48.9 Å². The first-order valence-corrected chi connectivity index (χ1v) is 11.0. The number of aromatic nitrogens is 2. The molecule has 4 atom stereocenters. The van der Waals surface area contributed by atoms with Crippen LogP contribution in [0.25, 0.3) is 0 Å². The van der Waals surface area contributed by atoms with Gasteiger partial charge in [-0.2, -0.15) is 5.10 Å². The minimum absolute atomic E-state index is 0.0346. The van der Waals surface area contributed by atoms with Crippen LogP contribution in [0.5, 0.6) is 5.75 Å². The van der Waals surface area contributed by atoms with E-state index in [1.165, 1.54) is 11.8 Å². The third-order valence-electron chi connectivity index (χ3n) is 5.93. The Hall–Kier alpha value is -2.03. The summed E-state index contributed by atoms with van der Waals surface area (Å²) in [6.07, 6.45) is 2.88. The molecule has 3 N–H and O–H groups in total. The Labute approximate surface area is 175 Å². The maximum Gasteiger partial charge on any atom is 0.230 e. The topological polar surface area (TPSA) is 90.5 Å². The fourth-order valence-electron chi connectivity index (χ4n) is 4.51. The van der Waals surface area contributed by atoms with Crippen molar-refractivity contribution in [1.29, 1.82) is 0 Å². The monoisotopic (exact) mass is 416 g/mol. The fourth-order valence-corrected chi connectivity index (χ4v) is 5.27. The Balaban J connectivity index is 1.26. The number of H-pyrrole nitrogens is 1. The van der Waals surface area contributed by atoms with E-state index in [9.17, 15) is 9.90 Å². The molecule has 1 saturated heterocycles. The number of nitrogens with one attached hydrogen (secondary N) is 2. The van der Waals surface area contributed by atoms with Crippen LogP contribution in [-0.2, 0) is 11.3 Å². The summed E-state index contributed by atoms with van der Waals surface area (Å²) in [5, 5.41) is 20.7. The molecule has 0 spiro atoms. The Morgan fingerprint density at radius 1 is 1.34 bits per heavy atom. The van der Waals surface area contributed by atoms with Crippen molar-refractivity contribution in [3.05, 3.63) is 42.2 Å². The van der Waals surface area contributed by atoms with Crippen LogP contribution in [0.15, 0.2) is 41.4 Å². The highest BCUT2D eigenvalue weighted by molar-refractivity contribution is 8.00. The summed E-state index contributed by atoms with van der Waals surface area (Å²) in [7, 11) is 1.63. The number of aliphatic hydroxyl groups excluding tert-OH is 1. The molecule has 2 fully saturated rings. The summed E-state index contributed by atoms with van der Waals surface area (Å²) in [6.45, 7) is 2.85. The summed E-state index contributed by atoms with van der Waals surface area (Å²) >= 11 is 1.48. The van der Waals surface area contributed by atoms with Gasteiger partial charge in [0.25, 0.3) is 0 Å². The molecule has 1 aromatic heterocycles. The predicted molar refractivity (Wildman–Crippen MR) is 112 cm³/mol. The third-order valence-corrected chi connectivity index (χ3v) is 6.92. The van der Waals surface area contributed by atoms with Gasteiger partial charge < -0.3 is 15.2 Å². The van der Waals surface area contributed by atoms with Crippen LogP contribution in [0.1, 0.15) is 18.5 Å². The van der Waals surface area contributed by atoms with Gasteiger partial charge >= 0.3 is 0 Å². The molecule has 2 aromatic rings. The second kappa shape index (κ2) is 9.19. The summed E-state index contributed by atoms with van der Waals surface area (Å²) in [4.78, 5) is 15.9. The molecule has 7 nitrogen and oxygen atoms in total. The van der Waals surface area contributed by atoms with Gasteiger partial charge in [-0.15, -0.1) is 11.8 Å². The number of methoxy groups -OCH3 is 1. The van der Waals surface area contributed by atoms with Crippen LogP contribution in [0.4, 0.5) is 0 Å². The second-order valence-electron chi connectivity index (χ2n) is 7.98. The van der Waals surface area contributed by atoms with Crippen molar-refractivity contribution in [1.82, 2.24) is 20.4 Å². The summed E-state index contributed by atoms with van der Waals surface area (Å²) in [6, 6.07) is 9.52. The SMILES string of the molecule is COc1cccc(SCC(=O)N[C@H]2C[C@H]3CN(Cc4ccn[nH]4)C[C@H]3C[C@@H]2O)c1. The molecule has 156 valence electrons. The first-order chi connectivity index (χ1) is 14.1. The molecule has 1 aliphatic heterocycles. The zero-order valence-corrected chi connectivity index (χ0v) is 17.4. The molecule has 1 aliphatic carbocycles. The Morgan fingerprint density at radius 2 is 2.17 bits per heavy atom. The zero-order valence-electron chi connectivity index (χ0n) is 16.6. The average molecular weight is 417 g/mol. The lowest BCUT2D eigenvalue weighted by molar-refractivity contribution is -0.120. The van der Waals surface area contributed by atoms with Gasteiger partial charge in [0.1, 0.15) is 5.75 Å². The zero-order chi connectivity index (χ0) is 20.2. The van der Waals surface area contributed by atoms with Crippen molar-refractivity contribution in [2.24, 2.45) is 11.8 Å². The molecule has 1 amide bonds. The Kier molecular flexibility index (Phi) is 6.42. The molecule has 1 saturated carbocycles. The molecule has 2 heterocycles. The summed E-state index contributed by atoms with van der Waals surface area (Å²) in [5.41, 5.74) is 1.11. The van der Waals surface area contributed by atoms with E-state index in [2.05, 4.69) is 20.4 Å². The molecule has 29 heavy (non-hydrogen) atoms. The van der Waals surface area contributed by atoms with Crippen molar-refractivity contribution >= 4 is 17.7 Å². The normalized spacial score (nSPS) is 26.8. The number of fused-ring (bicyclic) bond motifs is 1. The minimum atomic E-state index is -0.478. The van der Waals surface area contributed by atoms with Crippen LogP contribution in [0.3, 0.4) is 0 Å². The highest BCUT2D eigenvalue weighted by Gasteiger charge is 2.42. The van der Waals surface area contributed by atoms with E-state index in [1.54, 1.807) is 13.3 Å². The molecular weight excluding hydrogens is 388 g/mol. The molecule has 2 aliphatic rings. The van der Waals surface area contributed by atoms with Crippen LogP contribution in [0.2, 0.25) is 0 Å². The fraction of sp³-hybridized carbons (Fsp3) is 0.524. The van der Waals surface area contributed by atoms with Crippen LogP contribution in [-0.4, -0.2) is 64.2 Å². The van der Waals surface area contributed by atoms with Crippen molar-refractivity contribution in [3.63, 3.8) is 0 Å². The average Bonchev–Trinajstić information content (AvgIpc) is 3.36. The number of ether oxygens (including phenoxy) is 1. The lowest BCUT2D eigenvalue weighted by atomic mass is 9.77. The number of carbonyl (C=O) groups is 1. The number of thioether (sulfide) groups is 1. The van der Waals surface area contributed by atoms with E-state index >= 15 is 0 Å². The molecule has 4 rings (SSSR count). The second-order valence-corrected chi connectivity index (χ2v) is 9.03. The molecule has 0 radical (unpaired) electrons. The molecular formula is C21H28N4O3S. The van der Waals surface area contributed by atoms with Crippen LogP contribution < -0.4 is 10.1 Å². The largest absolute Gasteiger partial charge is 0.497 e. The molecule has 1 aromatic carbocycles. The van der Waals surface area contributed by atoms with E-state index in [0.29, 0.717) is 17.6 Å². The van der Waals surface area contributed by atoms with Gasteiger partial charge in [0.2, 0.25) is 5.91 Å². The maximum absolute atomic E-state index is 12.5. The van der Waals surface area contributed by atoms with E-state index in [0.717, 1.165) is 48.8 Å². The summed E-state index contributed by atoms with van der Waals surface area (Å²) < 4.78 is 5.22. The molecule has 8 heteroatoms. The minimum Gasteiger partial charge on any atom is -0.497 e. The Bertz CT molecular complexity index is 816. The van der Waals surface area contributed by atoms with E-state index in [4.69, 9.17) is 4.74 Å². The van der Waals surface area contributed by atoms with Gasteiger partial charge in [-0.1, -0.05) is 6.07 Å². The molecule has 0 unspecified atom stereocenters. The highest BCUT2D eigenvalue weighted by Crippen LogP contribution is 2.37. The smallest absolute Gasteiger partial charge is 0.230 e. The van der Waals surface area contributed by atoms with Gasteiger partial charge in [0, 0.05) is 36.4 Å². The van der Waals surface area contributed by atoms with E-state index in [1.807, 2.05) is 30.3 Å². The first kappa shape index (κ1) is 20.3. The van der Waals surface area contributed by atoms with Crippen LogP contribution >= 0.6 is 11.8 Å². The van der Waals surface area contributed by atoms with Crippen molar-refractivity contribution in [2.75, 3.05) is 26.0 Å². The van der Waals surface area contributed by atoms with Crippen molar-refractivity contribution in [3.8, 4) is 5.75 Å². The Morgan fingerprint density at radius 3 is 2.93 bits per heavy atom. The number of aromatic amines is 1. The van der Waals surface area contributed by atoms with Crippen molar-refractivity contribution < 1.29 is 14.6 Å². The van der Waals surface area contributed by atoms with Crippen LogP contribution in [0, 0.1) is 11.8 Å². The standard InChI is InChI=1S/C21H28N4O3S/c1-28-17-3-2-4-18(9-17)29-13-21(27)23-19-7-14-10-25(11-15(14)8-20(19)26)12-16-5-6-22-24-16/h2-6,9,14-15,19-20,26H,7-8,10-13H2,1H3,(H,22,24)(H,23,27)/t14-,15+,19-,20-/m0/s1. The summed E-state index contributed by atoms with van der Waals surface area (Å²) in [5.74, 6) is 2.08. The number of aliphatic hydroxyl groups is 1. The van der Waals surface area contributed by atoms with Gasteiger partial charge in [0.05, 0.1) is 25.0 Å². The number of hydrogen-bond donors (Lipinski definition) is 3. The third kappa shape index (κ3) is 5.12. The number of carbonyl (C=O) groups excluding carboxylic acids is 1. The van der Waals surface area contributed by atoms with Gasteiger partial charge in [-0.25, -0.2) is 0 Å². The number of benzene rings is 1. The van der Waals surface area contributed by atoms with Gasteiger partial charge in [0.15, 0.2) is 0 Å². The maximum atomic E-state index is 12.5. The number of hydrogen-bond acceptors (Lipinski definition) is 6. The number of likely N-dealkylation sites (tertiary alicyclic amines) is 1. The quantitative estimate of drug-likeness (QED) is 0.598. The lowest BCUT2D eigenvalue weighted by Crippen LogP contribution is -2.49. The number of rotatable bonds is 7. The predicted octanol–water partition coefficient (Wildman–Crippen LogP) is 1.90. The first-order valence-electron chi connectivity index (χ1n) is 10.1. The van der Waals surface area contributed by atoms with Gasteiger partial charge in [-0.3, -0.25) is 14.8 Å². The number of amides is 1. The van der Waals surface area contributed by atoms with Crippen molar-refractivity contribution in [2.45, 2.75) is 36.4 Å². The lowest BCUT2D eigenvalue weighted by Gasteiger charge is -2.35.